The van der Waals surface area contributed by atoms with Crippen LogP contribution in [0.1, 0.15) is 36.6 Å². The lowest BCUT2D eigenvalue weighted by molar-refractivity contribution is 0.386. The molecular formula is C18H22FNO. The first-order chi connectivity index (χ1) is 10.1. The van der Waals surface area contributed by atoms with Crippen molar-refractivity contribution in [1.82, 2.24) is 5.32 Å². The molecule has 2 rings (SSSR count). The Morgan fingerprint density at radius 1 is 1.10 bits per heavy atom. The topological polar surface area (TPSA) is 21.3 Å². The fourth-order valence-electron chi connectivity index (χ4n) is 2.25. The molecule has 3 heteroatoms. The third-order valence-electron chi connectivity index (χ3n) is 3.72. The highest BCUT2D eigenvalue weighted by Crippen LogP contribution is 2.19. The van der Waals surface area contributed by atoms with Crippen molar-refractivity contribution >= 4 is 0 Å². The minimum atomic E-state index is -0.322. The van der Waals surface area contributed by atoms with Gasteiger partial charge in [0.05, 0.1) is 7.11 Å². The van der Waals surface area contributed by atoms with Crippen LogP contribution in [0.15, 0.2) is 42.5 Å². The molecule has 0 saturated carbocycles. The number of methoxy groups -OCH3 is 1. The number of ether oxygens (including phenoxy) is 1. The van der Waals surface area contributed by atoms with Gasteiger partial charge in [-0.15, -0.1) is 0 Å². The van der Waals surface area contributed by atoms with Crippen molar-refractivity contribution in [2.45, 2.75) is 32.9 Å². The van der Waals surface area contributed by atoms with Crippen LogP contribution in [0.4, 0.5) is 4.39 Å². The maximum atomic E-state index is 13.6. The van der Waals surface area contributed by atoms with E-state index in [0.29, 0.717) is 6.54 Å². The van der Waals surface area contributed by atoms with Gasteiger partial charge in [0.1, 0.15) is 0 Å². The van der Waals surface area contributed by atoms with Crippen molar-refractivity contribution in [3.8, 4) is 5.75 Å². The van der Waals surface area contributed by atoms with Crippen molar-refractivity contribution in [2.24, 2.45) is 0 Å². The van der Waals surface area contributed by atoms with E-state index >= 15 is 0 Å². The second-order valence-corrected chi connectivity index (χ2v) is 5.17. The first kappa shape index (κ1) is 15.5. The van der Waals surface area contributed by atoms with Crippen LogP contribution >= 0.6 is 0 Å². The van der Waals surface area contributed by atoms with E-state index in [1.54, 1.807) is 6.07 Å². The molecule has 2 nitrogen and oxygen atoms in total. The summed E-state index contributed by atoms with van der Waals surface area (Å²) in [5.41, 5.74) is 3.48. The zero-order chi connectivity index (χ0) is 15.2. The van der Waals surface area contributed by atoms with Gasteiger partial charge < -0.3 is 10.1 Å². The minimum absolute atomic E-state index is 0.223. The van der Waals surface area contributed by atoms with Gasteiger partial charge in [-0.05, 0) is 42.2 Å². The molecule has 1 atom stereocenters. The molecule has 0 aliphatic rings. The summed E-state index contributed by atoms with van der Waals surface area (Å²) in [5.74, 6) is -0.0429. The van der Waals surface area contributed by atoms with Crippen LogP contribution in [-0.4, -0.2) is 7.11 Å². The molecule has 2 aromatic rings. The fraction of sp³-hybridized carbons (Fsp3) is 0.333. The van der Waals surface area contributed by atoms with E-state index in [2.05, 4.69) is 43.4 Å². The van der Waals surface area contributed by atoms with Crippen molar-refractivity contribution in [3.63, 3.8) is 0 Å². The van der Waals surface area contributed by atoms with E-state index in [1.165, 1.54) is 24.3 Å². The average molecular weight is 287 g/mol. The normalized spacial score (nSPS) is 12.2. The third kappa shape index (κ3) is 4.05. The highest BCUT2D eigenvalue weighted by atomic mass is 19.1. The third-order valence-corrected chi connectivity index (χ3v) is 3.72. The Hall–Kier alpha value is -1.87. The zero-order valence-electron chi connectivity index (χ0n) is 12.8. The molecule has 0 heterocycles. The lowest BCUT2D eigenvalue weighted by Gasteiger charge is -2.15. The fourth-order valence-corrected chi connectivity index (χ4v) is 2.25. The summed E-state index contributed by atoms with van der Waals surface area (Å²) in [4.78, 5) is 0. The molecule has 2 aromatic carbocycles. The molecule has 0 aliphatic carbocycles. The Morgan fingerprint density at radius 3 is 2.33 bits per heavy atom. The molecule has 0 radical (unpaired) electrons. The number of aryl methyl sites for hydroxylation is 1. The van der Waals surface area contributed by atoms with Gasteiger partial charge in [-0.2, -0.15) is 0 Å². The smallest absolute Gasteiger partial charge is 0.165 e. The van der Waals surface area contributed by atoms with Crippen LogP contribution in [0.2, 0.25) is 0 Å². The van der Waals surface area contributed by atoms with Gasteiger partial charge in [-0.1, -0.05) is 37.3 Å². The molecule has 1 N–H and O–H groups in total. The van der Waals surface area contributed by atoms with E-state index in [-0.39, 0.29) is 17.6 Å². The molecule has 21 heavy (non-hydrogen) atoms. The Morgan fingerprint density at radius 2 is 1.76 bits per heavy atom. The molecule has 0 aliphatic heterocycles. The highest BCUT2D eigenvalue weighted by molar-refractivity contribution is 5.29. The molecule has 0 fully saturated rings. The maximum absolute atomic E-state index is 13.6. The van der Waals surface area contributed by atoms with E-state index in [0.717, 1.165) is 12.0 Å². The van der Waals surface area contributed by atoms with Crippen LogP contribution in [0, 0.1) is 5.82 Å². The summed E-state index contributed by atoms with van der Waals surface area (Å²) >= 11 is 0. The van der Waals surface area contributed by atoms with Gasteiger partial charge in [0.15, 0.2) is 11.6 Å². The van der Waals surface area contributed by atoms with Gasteiger partial charge in [0, 0.05) is 12.6 Å². The van der Waals surface area contributed by atoms with Gasteiger partial charge >= 0.3 is 0 Å². The molecule has 0 saturated heterocycles. The van der Waals surface area contributed by atoms with Crippen LogP contribution in [0.25, 0.3) is 0 Å². The summed E-state index contributed by atoms with van der Waals surface area (Å²) in [7, 11) is 1.47. The van der Waals surface area contributed by atoms with Gasteiger partial charge in [0.2, 0.25) is 0 Å². The van der Waals surface area contributed by atoms with Crippen molar-refractivity contribution < 1.29 is 9.13 Å². The lowest BCUT2D eigenvalue weighted by Crippen LogP contribution is -2.18. The predicted molar refractivity (Wildman–Crippen MR) is 84.0 cm³/mol. The van der Waals surface area contributed by atoms with Gasteiger partial charge in [-0.3, -0.25) is 0 Å². The monoisotopic (exact) mass is 287 g/mol. The molecule has 0 spiro atoms. The van der Waals surface area contributed by atoms with Crippen LogP contribution in [0.3, 0.4) is 0 Å². The predicted octanol–water partition coefficient (Wildman–Crippen LogP) is 4.25. The molecule has 0 bridgehead atoms. The molecular weight excluding hydrogens is 265 g/mol. The van der Waals surface area contributed by atoms with Gasteiger partial charge in [0.25, 0.3) is 0 Å². The van der Waals surface area contributed by atoms with Gasteiger partial charge in [-0.25, -0.2) is 4.39 Å². The molecule has 0 aromatic heterocycles. The number of benzene rings is 2. The number of hydrogen-bond donors (Lipinski definition) is 1. The molecule has 112 valence electrons. The van der Waals surface area contributed by atoms with E-state index < -0.39 is 0 Å². The van der Waals surface area contributed by atoms with Crippen molar-refractivity contribution in [1.29, 1.82) is 0 Å². The Bertz CT molecular complexity index is 580. The lowest BCUT2D eigenvalue weighted by atomic mass is 10.0. The van der Waals surface area contributed by atoms with Crippen molar-refractivity contribution in [3.05, 3.63) is 65.0 Å². The SMILES string of the molecule is CCc1ccc(C(C)NCc2ccc(OC)c(F)c2)cc1. The van der Waals surface area contributed by atoms with E-state index in [1.807, 2.05) is 6.07 Å². The summed E-state index contributed by atoms with van der Waals surface area (Å²) < 4.78 is 18.5. The first-order valence-corrected chi connectivity index (χ1v) is 7.28. The van der Waals surface area contributed by atoms with E-state index in [9.17, 15) is 4.39 Å². The summed E-state index contributed by atoms with van der Waals surface area (Å²) in [5, 5.41) is 3.41. The number of halogens is 1. The number of rotatable bonds is 6. The van der Waals surface area contributed by atoms with Crippen LogP contribution in [-0.2, 0) is 13.0 Å². The highest BCUT2D eigenvalue weighted by Gasteiger charge is 2.07. The van der Waals surface area contributed by atoms with Crippen LogP contribution < -0.4 is 10.1 Å². The second kappa shape index (κ2) is 7.23. The first-order valence-electron chi connectivity index (χ1n) is 7.28. The minimum Gasteiger partial charge on any atom is -0.494 e. The maximum Gasteiger partial charge on any atom is 0.165 e. The quantitative estimate of drug-likeness (QED) is 0.857. The zero-order valence-corrected chi connectivity index (χ0v) is 12.8. The largest absolute Gasteiger partial charge is 0.494 e. The summed E-state index contributed by atoms with van der Waals surface area (Å²) in [6, 6.07) is 13.9. The number of nitrogens with one attached hydrogen (secondary N) is 1. The Kier molecular flexibility index (Phi) is 5.34. The standard InChI is InChI=1S/C18H22FNO/c1-4-14-5-8-16(9-6-14)13(2)20-12-15-7-10-18(21-3)17(19)11-15/h5-11,13,20H,4,12H2,1-3H3. The summed E-state index contributed by atoms with van der Waals surface area (Å²) in [6.45, 7) is 4.88. The van der Waals surface area contributed by atoms with E-state index in [4.69, 9.17) is 4.74 Å². The average Bonchev–Trinajstić information content (AvgIpc) is 2.52. The number of hydrogen-bond acceptors (Lipinski definition) is 2. The molecule has 1 unspecified atom stereocenters. The van der Waals surface area contributed by atoms with Crippen molar-refractivity contribution in [2.75, 3.05) is 7.11 Å². The Labute approximate surface area is 126 Å². The second-order valence-electron chi connectivity index (χ2n) is 5.17. The molecule has 0 amide bonds. The Balaban J connectivity index is 1.96. The van der Waals surface area contributed by atoms with Crippen LogP contribution in [0.5, 0.6) is 5.75 Å². The summed E-state index contributed by atoms with van der Waals surface area (Å²) in [6.07, 6.45) is 1.05.